The van der Waals surface area contributed by atoms with Gasteiger partial charge in [0, 0.05) is 11.6 Å². The molecule has 0 aliphatic rings. The van der Waals surface area contributed by atoms with Gasteiger partial charge in [-0.2, -0.15) is 0 Å². The van der Waals surface area contributed by atoms with Crippen molar-refractivity contribution in [3.63, 3.8) is 0 Å². The van der Waals surface area contributed by atoms with E-state index < -0.39 is 21.9 Å². The summed E-state index contributed by atoms with van der Waals surface area (Å²) in [6.07, 6.45) is 0.00496. The van der Waals surface area contributed by atoms with Crippen molar-refractivity contribution >= 4 is 10.0 Å². The molecule has 0 amide bonds. The summed E-state index contributed by atoms with van der Waals surface area (Å²) in [6.45, 7) is 7.21. The summed E-state index contributed by atoms with van der Waals surface area (Å²) in [5.74, 6) is 0.204. The third-order valence-corrected chi connectivity index (χ3v) is 5.06. The molecule has 2 aromatic carbocycles. The Labute approximate surface area is 142 Å². The molecule has 6 heteroatoms. The van der Waals surface area contributed by atoms with E-state index in [1.807, 2.05) is 13.8 Å². The number of hydrogen-bond donors (Lipinski definition) is 1. The first kappa shape index (κ1) is 18.4. The van der Waals surface area contributed by atoms with Crippen LogP contribution < -0.4 is 9.46 Å². The first-order valence-electron chi connectivity index (χ1n) is 7.75. The van der Waals surface area contributed by atoms with Crippen LogP contribution in [0.1, 0.15) is 37.9 Å². The van der Waals surface area contributed by atoms with Gasteiger partial charge < -0.3 is 4.74 Å². The van der Waals surface area contributed by atoms with Crippen molar-refractivity contribution < 1.29 is 17.5 Å². The molecule has 0 aromatic heterocycles. The Bertz CT molecular complexity index is 819. The molecule has 24 heavy (non-hydrogen) atoms. The van der Waals surface area contributed by atoms with Gasteiger partial charge in [0.2, 0.25) is 10.0 Å². The summed E-state index contributed by atoms with van der Waals surface area (Å²) in [5.41, 5.74) is 1.03. The fourth-order valence-corrected chi connectivity index (χ4v) is 3.67. The summed E-state index contributed by atoms with van der Waals surface area (Å²) in [6, 6.07) is 10.1. The lowest BCUT2D eigenvalue weighted by molar-refractivity contribution is 0.240. The summed E-state index contributed by atoms with van der Waals surface area (Å²) in [5, 5.41) is 0. The summed E-state index contributed by atoms with van der Waals surface area (Å²) in [7, 11) is -3.76. The van der Waals surface area contributed by atoms with Crippen molar-refractivity contribution in [2.75, 3.05) is 0 Å². The van der Waals surface area contributed by atoms with Crippen LogP contribution in [0.5, 0.6) is 5.75 Å². The molecule has 4 nitrogen and oxygen atoms in total. The molecule has 1 unspecified atom stereocenters. The highest BCUT2D eigenvalue weighted by atomic mass is 32.2. The van der Waals surface area contributed by atoms with Gasteiger partial charge in [-0.3, -0.25) is 0 Å². The Balaban J connectivity index is 2.24. The molecule has 0 spiro atoms. The Kier molecular flexibility index (Phi) is 5.62. The fraction of sp³-hybridized carbons (Fsp3) is 0.333. The van der Waals surface area contributed by atoms with E-state index in [1.165, 1.54) is 12.1 Å². The van der Waals surface area contributed by atoms with E-state index in [0.29, 0.717) is 11.3 Å². The molecule has 130 valence electrons. The van der Waals surface area contributed by atoms with Gasteiger partial charge in [0.15, 0.2) is 0 Å². The minimum atomic E-state index is -3.76. The Morgan fingerprint density at radius 1 is 1.08 bits per heavy atom. The average molecular weight is 351 g/mol. The average Bonchev–Trinajstić information content (AvgIpc) is 2.48. The van der Waals surface area contributed by atoms with Crippen LogP contribution in [0.15, 0.2) is 47.4 Å². The molecule has 0 aliphatic heterocycles. The second-order valence-corrected chi connectivity index (χ2v) is 7.67. The van der Waals surface area contributed by atoms with Gasteiger partial charge in [-0.25, -0.2) is 17.5 Å². The zero-order valence-electron chi connectivity index (χ0n) is 14.2. The van der Waals surface area contributed by atoms with Gasteiger partial charge in [-0.15, -0.1) is 0 Å². The second-order valence-electron chi connectivity index (χ2n) is 5.96. The van der Waals surface area contributed by atoms with Crippen LogP contribution in [-0.2, 0) is 10.0 Å². The summed E-state index contributed by atoms with van der Waals surface area (Å²) >= 11 is 0. The first-order valence-corrected chi connectivity index (χ1v) is 9.23. The molecule has 1 N–H and O–H groups in total. The molecule has 0 fully saturated rings. The number of hydrogen-bond acceptors (Lipinski definition) is 3. The number of benzene rings is 2. The highest BCUT2D eigenvalue weighted by Gasteiger charge is 2.21. The van der Waals surface area contributed by atoms with Gasteiger partial charge in [0.1, 0.15) is 11.6 Å². The Morgan fingerprint density at radius 2 is 1.75 bits per heavy atom. The number of rotatable bonds is 6. The van der Waals surface area contributed by atoms with Gasteiger partial charge in [0.25, 0.3) is 0 Å². The molecule has 0 saturated carbocycles. The zero-order chi connectivity index (χ0) is 17.9. The molecule has 0 radical (unpaired) electrons. The third kappa shape index (κ3) is 4.33. The number of ether oxygens (including phenoxy) is 1. The van der Waals surface area contributed by atoms with Crippen molar-refractivity contribution in [3.05, 3.63) is 59.4 Å². The van der Waals surface area contributed by atoms with Crippen molar-refractivity contribution in [2.45, 2.75) is 44.7 Å². The lowest BCUT2D eigenvalue weighted by atomic mass is 10.1. The topological polar surface area (TPSA) is 55.4 Å². The monoisotopic (exact) mass is 351 g/mol. The highest BCUT2D eigenvalue weighted by molar-refractivity contribution is 7.89. The van der Waals surface area contributed by atoms with E-state index in [0.717, 1.165) is 5.56 Å². The van der Waals surface area contributed by atoms with E-state index >= 15 is 0 Å². The van der Waals surface area contributed by atoms with Crippen molar-refractivity contribution in [2.24, 2.45) is 0 Å². The van der Waals surface area contributed by atoms with E-state index in [2.05, 4.69) is 4.72 Å². The highest BCUT2D eigenvalue weighted by Crippen LogP contribution is 2.24. The van der Waals surface area contributed by atoms with Crippen LogP contribution in [0, 0.1) is 12.7 Å². The van der Waals surface area contributed by atoms with Crippen LogP contribution in [0.2, 0.25) is 0 Å². The smallest absolute Gasteiger partial charge is 0.241 e. The Hall–Kier alpha value is -1.92. The van der Waals surface area contributed by atoms with Crippen molar-refractivity contribution in [3.8, 4) is 5.75 Å². The van der Waals surface area contributed by atoms with Gasteiger partial charge >= 0.3 is 0 Å². The molecule has 0 heterocycles. The van der Waals surface area contributed by atoms with Crippen molar-refractivity contribution in [1.29, 1.82) is 0 Å². The largest absolute Gasteiger partial charge is 0.491 e. The van der Waals surface area contributed by atoms with E-state index in [-0.39, 0.29) is 11.0 Å². The summed E-state index contributed by atoms with van der Waals surface area (Å²) < 4.78 is 47.0. The van der Waals surface area contributed by atoms with E-state index in [9.17, 15) is 12.8 Å². The molecular weight excluding hydrogens is 329 g/mol. The lowest BCUT2D eigenvalue weighted by Crippen LogP contribution is -2.27. The molecule has 0 bridgehead atoms. The zero-order valence-corrected chi connectivity index (χ0v) is 15.0. The molecule has 0 aliphatic carbocycles. The molecule has 1 atom stereocenters. The number of aryl methyl sites for hydroxylation is 1. The minimum Gasteiger partial charge on any atom is -0.491 e. The predicted molar refractivity (Wildman–Crippen MR) is 92.1 cm³/mol. The van der Waals surface area contributed by atoms with Gasteiger partial charge in [-0.05, 0) is 57.5 Å². The SMILES string of the molecule is Cc1cc(S(=O)(=O)NC(C)c2ccccc2F)ccc1OC(C)C. The lowest BCUT2D eigenvalue weighted by Gasteiger charge is -2.17. The molecule has 0 saturated heterocycles. The van der Waals surface area contributed by atoms with E-state index in [1.54, 1.807) is 44.2 Å². The van der Waals surface area contributed by atoms with Crippen LogP contribution in [0.3, 0.4) is 0 Å². The molecule has 2 rings (SSSR count). The van der Waals surface area contributed by atoms with E-state index in [4.69, 9.17) is 4.74 Å². The quantitative estimate of drug-likeness (QED) is 0.857. The first-order chi connectivity index (χ1) is 11.2. The van der Waals surface area contributed by atoms with Gasteiger partial charge in [0.05, 0.1) is 11.0 Å². The Morgan fingerprint density at radius 3 is 2.33 bits per heavy atom. The van der Waals surface area contributed by atoms with Crippen molar-refractivity contribution in [1.82, 2.24) is 4.72 Å². The van der Waals surface area contributed by atoms with Gasteiger partial charge in [-0.1, -0.05) is 18.2 Å². The normalized spacial score (nSPS) is 13.1. The van der Waals surface area contributed by atoms with Crippen LogP contribution in [0.4, 0.5) is 4.39 Å². The number of nitrogens with one attached hydrogen (secondary N) is 1. The predicted octanol–water partition coefficient (Wildman–Crippen LogP) is 3.96. The maximum atomic E-state index is 13.8. The maximum Gasteiger partial charge on any atom is 0.241 e. The number of halogens is 1. The van der Waals surface area contributed by atoms with Crippen LogP contribution in [0.25, 0.3) is 0 Å². The van der Waals surface area contributed by atoms with Crippen LogP contribution in [-0.4, -0.2) is 14.5 Å². The minimum absolute atomic E-state index is 0.00496. The summed E-state index contributed by atoms with van der Waals surface area (Å²) in [4.78, 5) is 0.124. The molecule has 2 aromatic rings. The maximum absolute atomic E-state index is 13.8. The second kappa shape index (κ2) is 7.32. The fourth-order valence-electron chi connectivity index (χ4n) is 2.37. The molecular formula is C18H22FNO3S. The standard InChI is InChI=1S/C18H22FNO3S/c1-12(2)23-18-10-9-15(11-13(18)3)24(21,22)20-14(4)16-7-5-6-8-17(16)19/h5-12,14,20H,1-4H3. The number of sulfonamides is 1. The van der Waals surface area contributed by atoms with Crippen LogP contribution >= 0.6 is 0 Å². The third-order valence-electron chi connectivity index (χ3n) is 3.52.